The number of aromatic nitrogens is 1. The van der Waals surface area contributed by atoms with Gasteiger partial charge in [-0.3, -0.25) is 14.6 Å². The molecule has 0 saturated carbocycles. The molecule has 0 aliphatic heterocycles. The Morgan fingerprint density at radius 1 is 1.11 bits per heavy atom. The standard InChI is InChI=1S/C14H20N2O3/c17-13(11-12-6-9-15-10-7-12)16-8-4-2-1-3-5-14(18)19/h6-7,9-10H,1-5,8,11H2,(H,16,17)(H,18,19). The van der Waals surface area contributed by atoms with Crippen molar-refractivity contribution in [1.82, 2.24) is 10.3 Å². The highest BCUT2D eigenvalue weighted by Crippen LogP contribution is 2.02. The van der Waals surface area contributed by atoms with Gasteiger partial charge in [-0.2, -0.15) is 0 Å². The first-order chi connectivity index (χ1) is 9.18. The number of carbonyl (C=O) groups is 2. The minimum absolute atomic E-state index is 0.0109. The summed E-state index contributed by atoms with van der Waals surface area (Å²) in [6.45, 7) is 0.650. The monoisotopic (exact) mass is 264 g/mol. The van der Waals surface area contributed by atoms with Crippen LogP contribution in [0.15, 0.2) is 24.5 Å². The van der Waals surface area contributed by atoms with Crippen LogP contribution in [0.25, 0.3) is 0 Å². The third kappa shape index (κ3) is 7.91. The Labute approximate surface area is 113 Å². The molecule has 1 heterocycles. The number of hydrogen-bond acceptors (Lipinski definition) is 3. The third-order valence-corrected chi connectivity index (χ3v) is 2.75. The van der Waals surface area contributed by atoms with Crippen LogP contribution in [0.4, 0.5) is 0 Å². The highest BCUT2D eigenvalue weighted by molar-refractivity contribution is 5.78. The second kappa shape index (κ2) is 9.08. The Morgan fingerprint density at radius 3 is 2.47 bits per heavy atom. The minimum atomic E-state index is -0.745. The van der Waals surface area contributed by atoms with Gasteiger partial charge in [0.2, 0.25) is 5.91 Å². The molecule has 5 nitrogen and oxygen atoms in total. The van der Waals surface area contributed by atoms with Crippen LogP contribution in [0.2, 0.25) is 0 Å². The van der Waals surface area contributed by atoms with E-state index in [1.54, 1.807) is 12.4 Å². The Bertz CT molecular complexity index is 393. The van der Waals surface area contributed by atoms with Crippen LogP contribution >= 0.6 is 0 Å². The number of nitrogens with zero attached hydrogens (tertiary/aromatic N) is 1. The van der Waals surface area contributed by atoms with E-state index in [1.807, 2.05) is 12.1 Å². The zero-order chi connectivity index (χ0) is 13.9. The normalized spacial score (nSPS) is 10.1. The fourth-order valence-corrected chi connectivity index (χ4v) is 1.73. The summed E-state index contributed by atoms with van der Waals surface area (Å²) in [6, 6.07) is 3.65. The van der Waals surface area contributed by atoms with Crippen LogP contribution in [-0.2, 0) is 16.0 Å². The van der Waals surface area contributed by atoms with Crippen LogP contribution in [0.3, 0.4) is 0 Å². The molecule has 1 rings (SSSR count). The van der Waals surface area contributed by atoms with E-state index >= 15 is 0 Å². The van der Waals surface area contributed by atoms with Gasteiger partial charge in [-0.25, -0.2) is 0 Å². The van der Waals surface area contributed by atoms with Crippen molar-refractivity contribution in [3.05, 3.63) is 30.1 Å². The molecule has 0 unspecified atom stereocenters. The van der Waals surface area contributed by atoms with Crippen LogP contribution < -0.4 is 5.32 Å². The number of unbranched alkanes of at least 4 members (excludes halogenated alkanes) is 3. The fraction of sp³-hybridized carbons (Fsp3) is 0.500. The predicted octanol–water partition coefficient (Wildman–Crippen LogP) is 1.78. The molecule has 2 N–H and O–H groups in total. The average molecular weight is 264 g/mol. The molecule has 0 atom stereocenters. The Morgan fingerprint density at radius 2 is 1.79 bits per heavy atom. The summed E-state index contributed by atoms with van der Waals surface area (Å²) in [5, 5.41) is 11.3. The smallest absolute Gasteiger partial charge is 0.303 e. The summed E-state index contributed by atoms with van der Waals surface area (Å²) in [4.78, 5) is 25.8. The first-order valence-corrected chi connectivity index (χ1v) is 6.56. The van der Waals surface area contributed by atoms with E-state index in [-0.39, 0.29) is 12.3 Å². The number of pyridine rings is 1. The molecule has 0 aromatic carbocycles. The van der Waals surface area contributed by atoms with Crippen LogP contribution in [-0.4, -0.2) is 28.5 Å². The molecular formula is C14H20N2O3. The maximum absolute atomic E-state index is 11.6. The summed E-state index contributed by atoms with van der Waals surface area (Å²) in [7, 11) is 0. The van der Waals surface area contributed by atoms with Crippen molar-refractivity contribution >= 4 is 11.9 Å². The molecular weight excluding hydrogens is 244 g/mol. The van der Waals surface area contributed by atoms with Crippen LogP contribution in [0.1, 0.15) is 37.7 Å². The fourth-order valence-electron chi connectivity index (χ4n) is 1.73. The lowest BCUT2D eigenvalue weighted by molar-refractivity contribution is -0.137. The second-order valence-electron chi connectivity index (χ2n) is 4.44. The molecule has 0 fully saturated rings. The van der Waals surface area contributed by atoms with Gasteiger partial charge in [0, 0.05) is 25.4 Å². The largest absolute Gasteiger partial charge is 0.481 e. The van der Waals surface area contributed by atoms with Crippen molar-refractivity contribution in [2.24, 2.45) is 0 Å². The Balaban J connectivity index is 2.00. The van der Waals surface area contributed by atoms with Crippen molar-refractivity contribution in [2.75, 3.05) is 6.54 Å². The van der Waals surface area contributed by atoms with E-state index in [4.69, 9.17) is 5.11 Å². The van der Waals surface area contributed by atoms with E-state index in [1.165, 1.54) is 0 Å². The molecule has 1 amide bonds. The highest BCUT2D eigenvalue weighted by Gasteiger charge is 2.02. The minimum Gasteiger partial charge on any atom is -0.481 e. The highest BCUT2D eigenvalue weighted by atomic mass is 16.4. The topological polar surface area (TPSA) is 79.3 Å². The molecule has 0 aliphatic carbocycles. The molecule has 1 aromatic rings. The maximum Gasteiger partial charge on any atom is 0.303 e. The zero-order valence-electron chi connectivity index (χ0n) is 11.0. The summed E-state index contributed by atoms with van der Waals surface area (Å²) < 4.78 is 0. The number of nitrogens with one attached hydrogen (secondary N) is 1. The molecule has 0 bridgehead atoms. The first-order valence-electron chi connectivity index (χ1n) is 6.56. The number of carboxylic acids is 1. The quantitative estimate of drug-likeness (QED) is 0.666. The van der Waals surface area contributed by atoms with E-state index in [0.29, 0.717) is 19.4 Å². The van der Waals surface area contributed by atoms with E-state index in [2.05, 4.69) is 10.3 Å². The molecule has 1 aromatic heterocycles. The summed E-state index contributed by atoms with van der Waals surface area (Å²) >= 11 is 0. The molecule has 19 heavy (non-hydrogen) atoms. The van der Waals surface area contributed by atoms with Gasteiger partial charge in [0.15, 0.2) is 0 Å². The van der Waals surface area contributed by atoms with Gasteiger partial charge in [-0.15, -0.1) is 0 Å². The lowest BCUT2D eigenvalue weighted by Gasteiger charge is -2.05. The number of amides is 1. The molecule has 0 aliphatic rings. The van der Waals surface area contributed by atoms with Gasteiger partial charge in [-0.1, -0.05) is 12.8 Å². The SMILES string of the molecule is O=C(O)CCCCCCNC(=O)Cc1ccncc1. The van der Waals surface area contributed by atoms with Crippen molar-refractivity contribution in [3.63, 3.8) is 0 Å². The van der Waals surface area contributed by atoms with Gasteiger partial charge >= 0.3 is 5.97 Å². The maximum atomic E-state index is 11.6. The summed E-state index contributed by atoms with van der Waals surface area (Å²) in [5.41, 5.74) is 0.953. The predicted molar refractivity (Wildman–Crippen MR) is 71.7 cm³/mol. The summed E-state index contributed by atoms with van der Waals surface area (Å²) in [5.74, 6) is -0.734. The average Bonchev–Trinajstić information content (AvgIpc) is 2.38. The van der Waals surface area contributed by atoms with Crippen LogP contribution in [0.5, 0.6) is 0 Å². The number of carbonyl (C=O) groups excluding carboxylic acids is 1. The lowest BCUT2D eigenvalue weighted by atomic mass is 10.1. The molecule has 0 saturated heterocycles. The molecule has 104 valence electrons. The molecule has 5 heteroatoms. The van der Waals surface area contributed by atoms with Gasteiger partial charge in [0.05, 0.1) is 6.42 Å². The number of hydrogen-bond donors (Lipinski definition) is 2. The number of aliphatic carboxylic acids is 1. The lowest BCUT2D eigenvalue weighted by Crippen LogP contribution is -2.26. The van der Waals surface area contributed by atoms with Crippen molar-refractivity contribution in [1.29, 1.82) is 0 Å². The summed E-state index contributed by atoms with van der Waals surface area (Å²) in [6.07, 6.45) is 7.39. The Kier molecular flexibility index (Phi) is 7.24. The number of rotatable bonds is 9. The van der Waals surface area contributed by atoms with Gasteiger partial charge in [0.1, 0.15) is 0 Å². The van der Waals surface area contributed by atoms with Gasteiger partial charge < -0.3 is 10.4 Å². The Hall–Kier alpha value is -1.91. The van der Waals surface area contributed by atoms with E-state index in [0.717, 1.165) is 24.8 Å². The zero-order valence-corrected chi connectivity index (χ0v) is 11.0. The van der Waals surface area contributed by atoms with Gasteiger partial charge in [-0.05, 0) is 30.5 Å². The van der Waals surface area contributed by atoms with Crippen LogP contribution in [0, 0.1) is 0 Å². The molecule has 0 radical (unpaired) electrons. The van der Waals surface area contributed by atoms with Gasteiger partial charge in [0.25, 0.3) is 0 Å². The van der Waals surface area contributed by atoms with Crippen molar-refractivity contribution < 1.29 is 14.7 Å². The van der Waals surface area contributed by atoms with E-state index in [9.17, 15) is 9.59 Å². The van der Waals surface area contributed by atoms with E-state index < -0.39 is 5.97 Å². The van der Waals surface area contributed by atoms with Crippen molar-refractivity contribution in [2.45, 2.75) is 38.5 Å². The third-order valence-electron chi connectivity index (χ3n) is 2.75. The second-order valence-corrected chi connectivity index (χ2v) is 4.44. The number of carboxylic acid groups (broad SMARTS) is 1. The molecule has 0 spiro atoms. The van der Waals surface area contributed by atoms with Crippen molar-refractivity contribution in [3.8, 4) is 0 Å². The first kappa shape index (κ1) is 15.1.